The van der Waals surface area contributed by atoms with Crippen molar-refractivity contribution in [1.29, 1.82) is 0 Å². The number of esters is 3. The zero-order valence-corrected chi connectivity index (χ0v) is 48.5. The molecule has 0 aliphatic rings. The molecule has 0 bridgehead atoms. The molecule has 0 aromatic rings. The van der Waals surface area contributed by atoms with Crippen molar-refractivity contribution in [1.82, 2.24) is 0 Å². The Morgan fingerprint density at radius 2 is 0.520 bits per heavy atom. The third-order valence-electron chi connectivity index (χ3n) is 12.6. The number of carbonyl (C=O) groups excluding carboxylic acids is 3. The first kappa shape index (κ1) is 70.5. The molecule has 0 fully saturated rings. The summed E-state index contributed by atoms with van der Waals surface area (Å²) in [5.41, 5.74) is 0. The fraction of sp³-hybridized carbons (Fsp3) is 0.638. The van der Waals surface area contributed by atoms with Crippen LogP contribution in [0.4, 0.5) is 0 Å². The van der Waals surface area contributed by atoms with Crippen LogP contribution in [0.5, 0.6) is 0 Å². The molecule has 1 unspecified atom stereocenters. The minimum atomic E-state index is -0.799. The lowest BCUT2D eigenvalue weighted by Crippen LogP contribution is -2.30. The highest BCUT2D eigenvalue weighted by molar-refractivity contribution is 5.71. The summed E-state index contributed by atoms with van der Waals surface area (Å²) in [6.07, 6.45) is 87.6. The van der Waals surface area contributed by atoms with Crippen LogP contribution in [-0.2, 0) is 28.6 Å². The third-order valence-corrected chi connectivity index (χ3v) is 12.6. The first-order valence-electron chi connectivity index (χ1n) is 30.7. The summed E-state index contributed by atoms with van der Waals surface area (Å²) in [5.74, 6) is -0.954. The van der Waals surface area contributed by atoms with Crippen molar-refractivity contribution in [3.8, 4) is 0 Å². The van der Waals surface area contributed by atoms with Crippen LogP contribution in [0.1, 0.15) is 265 Å². The minimum absolute atomic E-state index is 0.0955. The van der Waals surface area contributed by atoms with Crippen LogP contribution in [0.25, 0.3) is 0 Å². The second-order valence-corrected chi connectivity index (χ2v) is 19.9. The molecule has 0 aliphatic heterocycles. The molecule has 424 valence electrons. The highest BCUT2D eigenvalue weighted by Crippen LogP contribution is 2.14. The summed E-state index contributed by atoms with van der Waals surface area (Å²) >= 11 is 0. The van der Waals surface area contributed by atoms with Gasteiger partial charge in [-0.25, -0.2) is 0 Å². The molecule has 75 heavy (non-hydrogen) atoms. The van der Waals surface area contributed by atoms with Gasteiger partial charge in [0.1, 0.15) is 13.2 Å². The number of rotatable bonds is 54. The summed E-state index contributed by atoms with van der Waals surface area (Å²) in [4.78, 5) is 38.0. The molecule has 0 amide bonds. The van der Waals surface area contributed by atoms with Gasteiger partial charge in [-0.1, -0.05) is 257 Å². The Labute approximate surface area is 462 Å². The van der Waals surface area contributed by atoms with E-state index in [9.17, 15) is 14.4 Å². The molecule has 0 aromatic carbocycles. The fourth-order valence-electron chi connectivity index (χ4n) is 8.05. The minimum Gasteiger partial charge on any atom is -0.462 e. The van der Waals surface area contributed by atoms with Gasteiger partial charge in [0, 0.05) is 19.3 Å². The molecule has 0 aromatic heterocycles. The fourth-order valence-corrected chi connectivity index (χ4v) is 8.05. The van der Waals surface area contributed by atoms with Crippen LogP contribution in [0, 0.1) is 0 Å². The van der Waals surface area contributed by atoms with Crippen molar-refractivity contribution in [2.75, 3.05) is 13.2 Å². The van der Waals surface area contributed by atoms with E-state index in [0.29, 0.717) is 25.7 Å². The predicted molar refractivity (Wildman–Crippen MR) is 325 cm³/mol. The maximum atomic E-state index is 12.8. The van der Waals surface area contributed by atoms with Gasteiger partial charge in [-0.3, -0.25) is 14.4 Å². The Balaban J connectivity index is 4.26. The molecule has 0 rings (SSSR count). The van der Waals surface area contributed by atoms with E-state index in [1.54, 1.807) is 0 Å². The van der Waals surface area contributed by atoms with Gasteiger partial charge in [0.15, 0.2) is 6.10 Å². The maximum absolute atomic E-state index is 12.8. The molecule has 6 heteroatoms. The number of carbonyl (C=O) groups is 3. The monoisotopic (exact) mass is 1040 g/mol. The van der Waals surface area contributed by atoms with Crippen LogP contribution < -0.4 is 0 Å². The van der Waals surface area contributed by atoms with Gasteiger partial charge in [0.05, 0.1) is 0 Å². The third kappa shape index (κ3) is 60.3. The SMILES string of the molecule is CC/C=C\C/C=C\C/C=C\C/C=C\C/C=C\C/C=C\C/C=C\C/C=C\C/C=C\C/C=C\CCCCC(=O)OCC(COC(=O)CCCCCCCCC)OC(=O)CCCCCCCCC/C=C\CCCCCCCC. The normalized spacial score (nSPS) is 13.1. The molecule has 0 aliphatic carbocycles. The second kappa shape index (κ2) is 62.1. The Bertz CT molecular complexity index is 1620. The molecular weight excluding hydrogens is 925 g/mol. The summed E-state index contributed by atoms with van der Waals surface area (Å²) in [5, 5.41) is 0. The van der Waals surface area contributed by atoms with Crippen molar-refractivity contribution in [3.63, 3.8) is 0 Å². The van der Waals surface area contributed by atoms with Gasteiger partial charge in [-0.15, -0.1) is 0 Å². The average molecular weight is 1040 g/mol. The average Bonchev–Trinajstić information content (AvgIpc) is 3.41. The van der Waals surface area contributed by atoms with Gasteiger partial charge in [0.2, 0.25) is 0 Å². The van der Waals surface area contributed by atoms with Crippen molar-refractivity contribution in [3.05, 3.63) is 134 Å². The van der Waals surface area contributed by atoms with Crippen LogP contribution in [-0.4, -0.2) is 37.2 Å². The largest absolute Gasteiger partial charge is 0.462 e. The number of hydrogen-bond donors (Lipinski definition) is 0. The first-order valence-corrected chi connectivity index (χ1v) is 30.7. The number of ether oxygens (including phenoxy) is 3. The first-order chi connectivity index (χ1) is 37.0. The predicted octanol–water partition coefficient (Wildman–Crippen LogP) is 21.0. The molecular formula is C69H112O6. The Morgan fingerprint density at radius 3 is 0.853 bits per heavy atom. The Hall–Kier alpha value is -4.45. The molecule has 0 radical (unpaired) electrons. The lowest BCUT2D eigenvalue weighted by Gasteiger charge is -2.18. The highest BCUT2D eigenvalue weighted by atomic mass is 16.6. The van der Waals surface area contributed by atoms with E-state index in [2.05, 4.69) is 154 Å². The highest BCUT2D eigenvalue weighted by Gasteiger charge is 2.19. The van der Waals surface area contributed by atoms with Gasteiger partial charge >= 0.3 is 17.9 Å². The zero-order valence-electron chi connectivity index (χ0n) is 48.5. The summed E-state index contributed by atoms with van der Waals surface area (Å²) in [6, 6.07) is 0. The van der Waals surface area contributed by atoms with Gasteiger partial charge in [-0.05, 0) is 122 Å². The van der Waals surface area contributed by atoms with E-state index in [4.69, 9.17) is 14.2 Å². The van der Waals surface area contributed by atoms with E-state index in [1.807, 2.05) is 0 Å². The second-order valence-electron chi connectivity index (χ2n) is 19.9. The number of hydrogen-bond acceptors (Lipinski definition) is 6. The maximum Gasteiger partial charge on any atom is 0.306 e. The van der Waals surface area contributed by atoms with Gasteiger partial charge in [-0.2, -0.15) is 0 Å². The van der Waals surface area contributed by atoms with E-state index < -0.39 is 6.10 Å². The number of allylic oxidation sites excluding steroid dienone is 22. The Morgan fingerprint density at radius 1 is 0.280 bits per heavy atom. The van der Waals surface area contributed by atoms with Crippen molar-refractivity contribution < 1.29 is 28.6 Å². The quantitative estimate of drug-likeness (QED) is 0.0261. The molecule has 6 nitrogen and oxygen atoms in total. The summed E-state index contributed by atoms with van der Waals surface area (Å²) < 4.78 is 16.7. The van der Waals surface area contributed by atoms with E-state index >= 15 is 0 Å². The van der Waals surface area contributed by atoms with Gasteiger partial charge < -0.3 is 14.2 Å². The van der Waals surface area contributed by atoms with Crippen LogP contribution in [0.15, 0.2) is 134 Å². The molecule has 0 heterocycles. The van der Waals surface area contributed by atoms with Crippen LogP contribution in [0.3, 0.4) is 0 Å². The molecule has 0 saturated carbocycles. The Kier molecular flexibility index (Phi) is 58.4. The summed E-state index contributed by atoms with van der Waals surface area (Å²) in [6.45, 7) is 6.43. The zero-order chi connectivity index (χ0) is 54.3. The van der Waals surface area contributed by atoms with Crippen molar-refractivity contribution >= 4 is 17.9 Å². The molecule has 0 spiro atoms. The van der Waals surface area contributed by atoms with Crippen molar-refractivity contribution in [2.45, 2.75) is 271 Å². The van der Waals surface area contributed by atoms with Gasteiger partial charge in [0.25, 0.3) is 0 Å². The van der Waals surface area contributed by atoms with E-state index in [-0.39, 0.29) is 31.1 Å². The molecule has 0 N–H and O–H groups in total. The van der Waals surface area contributed by atoms with Crippen LogP contribution in [0.2, 0.25) is 0 Å². The lowest BCUT2D eigenvalue weighted by molar-refractivity contribution is -0.167. The summed E-state index contributed by atoms with van der Waals surface area (Å²) in [7, 11) is 0. The smallest absolute Gasteiger partial charge is 0.306 e. The molecule has 1 atom stereocenters. The van der Waals surface area contributed by atoms with Crippen LogP contribution >= 0.6 is 0 Å². The van der Waals surface area contributed by atoms with E-state index in [1.165, 1.54) is 103 Å². The number of unbranched alkanes of at least 4 members (excludes halogenated alkanes) is 21. The standard InChI is InChI=1S/C69H112O6/c1-4-7-10-13-16-18-20-22-24-26-27-28-29-30-31-32-33-34-35-36-37-38-39-40-41-43-44-46-48-50-53-56-59-62-68(71)74-65-66(64-73-67(70)61-58-55-52-15-12-9-6-3)75-69(72)63-60-57-54-51-49-47-45-42-25-23-21-19-17-14-11-8-5-2/h7,10,16,18,22-25,27-28,30-31,33-34,36-37,39-40,43-44,48,50,66H,4-6,8-9,11-15,17,19-21,26,29,32,35,38,41-42,45-47,49,51-65H2,1-3H3/b10-7-,18-16-,24-22-,25-23-,28-27-,31-30-,34-33-,37-36-,40-39-,44-43-,50-48-. The molecule has 0 saturated heterocycles. The van der Waals surface area contributed by atoms with E-state index in [0.717, 1.165) is 116 Å². The van der Waals surface area contributed by atoms with Crippen molar-refractivity contribution in [2.24, 2.45) is 0 Å². The topological polar surface area (TPSA) is 78.9 Å². The lowest BCUT2D eigenvalue weighted by atomic mass is 10.1.